The Labute approximate surface area is 113 Å². The molecule has 1 heterocycles. The molecule has 0 saturated carbocycles. The van der Waals surface area contributed by atoms with Gasteiger partial charge in [0.1, 0.15) is 0 Å². The van der Waals surface area contributed by atoms with Gasteiger partial charge in [-0.1, -0.05) is 30.9 Å². The van der Waals surface area contributed by atoms with Gasteiger partial charge >= 0.3 is 0 Å². The van der Waals surface area contributed by atoms with Crippen LogP contribution in [-0.2, 0) is 4.79 Å². The first-order chi connectivity index (χ1) is 9.26. The average Bonchev–Trinajstić information content (AvgIpc) is 2.44. The highest BCUT2D eigenvalue weighted by Crippen LogP contribution is 2.02. The number of nitrogens with zero attached hydrogens (tertiary/aromatic N) is 1. The number of hydrogen-bond donors (Lipinski definition) is 1. The molecule has 96 valence electrons. The second-order valence-corrected chi connectivity index (χ2v) is 3.61. The van der Waals surface area contributed by atoms with Crippen molar-refractivity contribution in [3.8, 4) is 0 Å². The van der Waals surface area contributed by atoms with E-state index in [1.807, 2.05) is 12.1 Å². The fourth-order valence-corrected chi connectivity index (χ4v) is 1.30. The molecule has 0 fully saturated rings. The molecule has 1 rings (SSSR count). The molecule has 0 aromatic carbocycles. The van der Waals surface area contributed by atoms with Crippen LogP contribution in [0.2, 0.25) is 0 Å². The first-order valence-corrected chi connectivity index (χ1v) is 5.77. The third-order valence-corrected chi connectivity index (χ3v) is 2.19. The Bertz CT molecular complexity index is 537. The lowest BCUT2D eigenvalue weighted by atomic mass is 10.2. The highest BCUT2D eigenvalue weighted by atomic mass is 16.1. The number of carbonyl (C=O) groups excluding carboxylic acids is 1. The van der Waals surface area contributed by atoms with Gasteiger partial charge in [-0.3, -0.25) is 9.78 Å². The Morgan fingerprint density at radius 3 is 2.53 bits per heavy atom. The summed E-state index contributed by atoms with van der Waals surface area (Å²) >= 11 is 0. The fourth-order valence-electron chi connectivity index (χ4n) is 1.30. The summed E-state index contributed by atoms with van der Waals surface area (Å²) < 4.78 is 0. The number of ketones is 1. The van der Waals surface area contributed by atoms with Crippen molar-refractivity contribution in [3.05, 3.63) is 84.9 Å². The van der Waals surface area contributed by atoms with E-state index in [0.29, 0.717) is 0 Å². The zero-order valence-corrected chi connectivity index (χ0v) is 10.6. The molecule has 0 spiro atoms. The van der Waals surface area contributed by atoms with Gasteiger partial charge in [-0.25, -0.2) is 0 Å². The largest absolute Gasteiger partial charge is 0.405 e. The first-order valence-electron chi connectivity index (χ1n) is 5.77. The minimum Gasteiger partial charge on any atom is -0.405 e. The standard InChI is InChI=1S/C16H16N2O/c1-2-3-14(8-11-17)4-6-16(19)7-5-15-9-12-18-13-10-15/h2-13H,1,17H2/b6-4+,7-5+,11-8-,14-3-. The Kier molecular flexibility index (Phi) is 6.37. The van der Waals surface area contributed by atoms with Crippen LogP contribution in [0.4, 0.5) is 0 Å². The van der Waals surface area contributed by atoms with Gasteiger partial charge in [0.05, 0.1) is 0 Å². The Morgan fingerprint density at radius 1 is 1.16 bits per heavy atom. The van der Waals surface area contributed by atoms with Crippen LogP contribution in [0.5, 0.6) is 0 Å². The third-order valence-electron chi connectivity index (χ3n) is 2.19. The summed E-state index contributed by atoms with van der Waals surface area (Å²) in [5.74, 6) is -0.0998. The molecule has 0 atom stereocenters. The van der Waals surface area contributed by atoms with Crippen molar-refractivity contribution in [2.75, 3.05) is 0 Å². The van der Waals surface area contributed by atoms with E-state index in [-0.39, 0.29) is 5.78 Å². The summed E-state index contributed by atoms with van der Waals surface area (Å²) in [5.41, 5.74) is 7.05. The summed E-state index contributed by atoms with van der Waals surface area (Å²) in [6.07, 6.45) is 16.3. The van der Waals surface area contributed by atoms with Crippen molar-refractivity contribution < 1.29 is 4.79 Å². The van der Waals surface area contributed by atoms with E-state index in [1.165, 1.54) is 18.4 Å². The molecule has 0 bridgehead atoms. The predicted molar refractivity (Wildman–Crippen MR) is 79.0 cm³/mol. The van der Waals surface area contributed by atoms with Gasteiger partial charge in [-0.15, -0.1) is 0 Å². The summed E-state index contributed by atoms with van der Waals surface area (Å²) in [7, 11) is 0. The second-order valence-electron chi connectivity index (χ2n) is 3.61. The lowest BCUT2D eigenvalue weighted by Crippen LogP contribution is -1.86. The summed E-state index contributed by atoms with van der Waals surface area (Å²) in [5, 5.41) is 0. The highest BCUT2D eigenvalue weighted by molar-refractivity contribution is 6.02. The molecule has 0 aliphatic heterocycles. The number of aromatic nitrogens is 1. The fraction of sp³-hybridized carbons (Fsp3) is 0. The molecule has 2 N–H and O–H groups in total. The Hall–Kier alpha value is -2.68. The number of rotatable bonds is 6. The summed E-state index contributed by atoms with van der Waals surface area (Å²) in [6, 6.07) is 3.65. The number of allylic oxidation sites excluding steroid dienone is 7. The van der Waals surface area contributed by atoms with Crippen molar-refractivity contribution >= 4 is 11.9 Å². The van der Waals surface area contributed by atoms with E-state index < -0.39 is 0 Å². The minimum absolute atomic E-state index is 0.0998. The highest BCUT2D eigenvalue weighted by Gasteiger charge is 1.91. The average molecular weight is 252 g/mol. The maximum atomic E-state index is 11.6. The second kappa shape index (κ2) is 8.42. The molecule has 19 heavy (non-hydrogen) atoms. The molecule has 0 unspecified atom stereocenters. The Morgan fingerprint density at radius 2 is 1.89 bits per heavy atom. The number of hydrogen-bond acceptors (Lipinski definition) is 3. The molecular weight excluding hydrogens is 236 g/mol. The number of carbonyl (C=O) groups is 1. The normalized spacial score (nSPS) is 12.5. The molecule has 0 saturated heterocycles. The zero-order valence-electron chi connectivity index (χ0n) is 10.6. The Balaban J connectivity index is 2.67. The smallest absolute Gasteiger partial charge is 0.178 e. The van der Waals surface area contributed by atoms with E-state index in [0.717, 1.165) is 11.1 Å². The van der Waals surface area contributed by atoms with Crippen LogP contribution >= 0.6 is 0 Å². The minimum atomic E-state index is -0.0998. The molecule has 1 aromatic rings. The number of pyridine rings is 1. The van der Waals surface area contributed by atoms with Gasteiger partial charge in [0.25, 0.3) is 0 Å². The van der Waals surface area contributed by atoms with Gasteiger partial charge in [0.15, 0.2) is 5.78 Å². The van der Waals surface area contributed by atoms with Crippen molar-refractivity contribution in [2.24, 2.45) is 5.73 Å². The van der Waals surface area contributed by atoms with E-state index in [2.05, 4.69) is 11.6 Å². The van der Waals surface area contributed by atoms with Crippen LogP contribution in [0, 0.1) is 0 Å². The maximum absolute atomic E-state index is 11.6. The van der Waals surface area contributed by atoms with Crippen molar-refractivity contribution in [3.63, 3.8) is 0 Å². The maximum Gasteiger partial charge on any atom is 0.178 e. The first kappa shape index (κ1) is 14.4. The van der Waals surface area contributed by atoms with E-state index in [1.54, 1.807) is 42.8 Å². The molecule has 3 heteroatoms. The quantitative estimate of drug-likeness (QED) is 0.625. The third kappa shape index (κ3) is 5.98. The van der Waals surface area contributed by atoms with Gasteiger partial charge in [-0.05, 0) is 47.7 Å². The van der Waals surface area contributed by atoms with Crippen LogP contribution < -0.4 is 5.73 Å². The van der Waals surface area contributed by atoms with Crippen LogP contribution in [0.15, 0.2) is 79.3 Å². The number of nitrogens with two attached hydrogens (primary N) is 1. The van der Waals surface area contributed by atoms with Crippen molar-refractivity contribution in [2.45, 2.75) is 0 Å². The van der Waals surface area contributed by atoms with Gasteiger partial charge in [-0.2, -0.15) is 0 Å². The zero-order chi connectivity index (χ0) is 13.9. The van der Waals surface area contributed by atoms with Crippen LogP contribution in [0.25, 0.3) is 6.08 Å². The molecule has 0 amide bonds. The van der Waals surface area contributed by atoms with Gasteiger partial charge in [0.2, 0.25) is 0 Å². The van der Waals surface area contributed by atoms with Gasteiger partial charge in [0, 0.05) is 12.4 Å². The molecule has 1 aromatic heterocycles. The van der Waals surface area contributed by atoms with E-state index in [9.17, 15) is 4.79 Å². The monoisotopic (exact) mass is 252 g/mol. The van der Waals surface area contributed by atoms with Crippen LogP contribution in [0.1, 0.15) is 5.56 Å². The SMILES string of the molecule is C=C/C=C(\C=C/N)/C=C/C(=O)/C=C/c1ccncc1. The summed E-state index contributed by atoms with van der Waals surface area (Å²) in [6.45, 7) is 3.60. The lowest BCUT2D eigenvalue weighted by molar-refractivity contribution is -0.110. The molecule has 3 nitrogen and oxygen atoms in total. The molecule has 0 aliphatic carbocycles. The van der Waals surface area contributed by atoms with Gasteiger partial charge < -0.3 is 5.73 Å². The topological polar surface area (TPSA) is 56.0 Å². The summed E-state index contributed by atoms with van der Waals surface area (Å²) in [4.78, 5) is 15.5. The van der Waals surface area contributed by atoms with Crippen LogP contribution in [-0.4, -0.2) is 10.8 Å². The lowest BCUT2D eigenvalue weighted by Gasteiger charge is -1.91. The molecular formula is C16H16N2O. The predicted octanol–water partition coefficient (Wildman–Crippen LogP) is 2.80. The molecule has 0 radical (unpaired) electrons. The van der Waals surface area contributed by atoms with Crippen LogP contribution in [0.3, 0.4) is 0 Å². The van der Waals surface area contributed by atoms with E-state index >= 15 is 0 Å². The van der Waals surface area contributed by atoms with Crippen molar-refractivity contribution in [1.82, 2.24) is 4.98 Å². The molecule has 0 aliphatic rings. The van der Waals surface area contributed by atoms with Crippen molar-refractivity contribution in [1.29, 1.82) is 0 Å². The van der Waals surface area contributed by atoms with E-state index in [4.69, 9.17) is 5.73 Å².